The summed E-state index contributed by atoms with van der Waals surface area (Å²) in [6.45, 7) is 8.14. The fourth-order valence-electron chi connectivity index (χ4n) is 7.97. The average molecular weight is 648 g/mol. The molecule has 0 aromatic heterocycles. The Balaban J connectivity index is 1.32. The summed E-state index contributed by atoms with van der Waals surface area (Å²) in [7, 11) is 4.30. The summed E-state index contributed by atoms with van der Waals surface area (Å²) in [4.78, 5) is 2.25. The number of ether oxygens (including phenoxy) is 2. The smallest absolute Gasteiger partial charge is 0.0934 e. The highest BCUT2D eigenvalue weighted by atomic mass is 16.5. The van der Waals surface area contributed by atoms with Gasteiger partial charge < -0.3 is 14.4 Å². The normalized spacial score (nSPS) is 21.3. The molecule has 2 aliphatic carbocycles. The lowest BCUT2D eigenvalue weighted by molar-refractivity contribution is -0.0287. The highest BCUT2D eigenvalue weighted by Crippen LogP contribution is 2.46. The number of hydrogen-bond acceptors (Lipinski definition) is 3. The van der Waals surface area contributed by atoms with E-state index in [9.17, 15) is 0 Å². The zero-order valence-corrected chi connectivity index (χ0v) is 32.2. The van der Waals surface area contributed by atoms with E-state index in [1.165, 1.54) is 193 Å². The third kappa shape index (κ3) is 24.9. The first kappa shape index (κ1) is 42.0. The van der Waals surface area contributed by atoms with Crippen molar-refractivity contribution in [3.05, 3.63) is 0 Å². The van der Waals surface area contributed by atoms with Crippen LogP contribution in [-0.4, -0.2) is 51.5 Å². The minimum absolute atomic E-state index is 0.215. The molecule has 0 radical (unpaired) electrons. The van der Waals surface area contributed by atoms with Crippen molar-refractivity contribution in [3.63, 3.8) is 0 Å². The molecule has 0 amide bonds. The molecule has 0 bridgehead atoms. The van der Waals surface area contributed by atoms with Crippen LogP contribution in [-0.2, 0) is 9.47 Å². The van der Waals surface area contributed by atoms with Crippen LogP contribution in [0.4, 0.5) is 0 Å². The fraction of sp³-hybridized carbons (Fsp3) is 1.00. The first-order valence-electron chi connectivity index (χ1n) is 21.5. The summed E-state index contributed by atoms with van der Waals surface area (Å²) in [5, 5.41) is 0. The molecule has 0 saturated heterocycles. The lowest BCUT2D eigenvalue weighted by atomic mass is 10.0. The van der Waals surface area contributed by atoms with Crippen LogP contribution in [0.3, 0.4) is 0 Å². The van der Waals surface area contributed by atoms with Gasteiger partial charge in [-0.05, 0) is 63.5 Å². The Labute approximate surface area is 290 Å². The van der Waals surface area contributed by atoms with Crippen molar-refractivity contribution < 1.29 is 9.47 Å². The molecule has 5 atom stereocenters. The van der Waals surface area contributed by atoms with Gasteiger partial charge in [-0.15, -0.1) is 0 Å². The Morgan fingerprint density at radius 3 is 1.20 bits per heavy atom. The second kappa shape index (κ2) is 29.8. The summed E-state index contributed by atoms with van der Waals surface area (Å²) in [6.07, 6.45) is 43.3. The molecule has 2 rings (SSSR count). The molecule has 2 aliphatic rings. The molecule has 0 N–H and O–H groups in total. The molecule has 3 nitrogen and oxygen atoms in total. The number of unbranched alkanes of at least 4 members (excludes halogenated alkanes) is 20. The second-order valence-electron chi connectivity index (χ2n) is 16.3. The van der Waals surface area contributed by atoms with Crippen LogP contribution >= 0.6 is 0 Å². The van der Waals surface area contributed by atoms with Crippen molar-refractivity contribution in [2.24, 2.45) is 23.7 Å². The van der Waals surface area contributed by atoms with Crippen molar-refractivity contribution in [1.82, 2.24) is 4.90 Å². The Morgan fingerprint density at radius 2 is 0.804 bits per heavy atom. The van der Waals surface area contributed by atoms with Crippen molar-refractivity contribution in [3.8, 4) is 0 Å². The van der Waals surface area contributed by atoms with Gasteiger partial charge in [0.15, 0.2) is 0 Å². The van der Waals surface area contributed by atoms with Crippen molar-refractivity contribution in [1.29, 1.82) is 0 Å². The van der Waals surface area contributed by atoms with Gasteiger partial charge in [0.1, 0.15) is 0 Å². The standard InChI is InChI=1S/C43H85NO2/c1-5-7-9-11-13-15-17-19-23-29-39-35-41(39)31-25-21-27-33-45-38-43(37-44(3)4)46-34-28-22-26-32-42-36-40(42)30-24-20-18-16-14-12-10-8-6-2/h39-43H,5-38H2,1-4H3. The first-order valence-corrected chi connectivity index (χ1v) is 21.5. The average Bonchev–Trinajstić information content (AvgIpc) is 3.97. The summed E-state index contributed by atoms with van der Waals surface area (Å²) < 4.78 is 12.4. The van der Waals surface area contributed by atoms with Crippen LogP contribution in [0.15, 0.2) is 0 Å². The predicted molar refractivity (Wildman–Crippen MR) is 203 cm³/mol. The van der Waals surface area contributed by atoms with Gasteiger partial charge in [0.25, 0.3) is 0 Å². The maximum Gasteiger partial charge on any atom is 0.0934 e. The zero-order chi connectivity index (χ0) is 32.9. The van der Waals surface area contributed by atoms with E-state index in [-0.39, 0.29) is 6.10 Å². The largest absolute Gasteiger partial charge is 0.379 e. The molecule has 0 aromatic rings. The summed E-state index contributed by atoms with van der Waals surface area (Å²) in [6, 6.07) is 0. The molecular formula is C43H85NO2. The molecule has 2 saturated carbocycles. The van der Waals surface area contributed by atoms with Crippen LogP contribution in [0.1, 0.15) is 206 Å². The van der Waals surface area contributed by atoms with Gasteiger partial charge in [0, 0.05) is 19.8 Å². The zero-order valence-electron chi connectivity index (χ0n) is 32.2. The highest BCUT2D eigenvalue weighted by Gasteiger charge is 2.35. The monoisotopic (exact) mass is 648 g/mol. The van der Waals surface area contributed by atoms with Crippen LogP contribution < -0.4 is 0 Å². The summed E-state index contributed by atoms with van der Waals surface area (Å²) in [5.74, 6) is 4.26. The molecule has 0 spiro atoms. The van der Waals surface area contributed by atoms with Crippen LogP contribution in [0, 0.1) is 23.7 Å². The predicted octanol–water partition coefficient (Wildman–Crippen LogP) is 13.2. The minimum atomic E-state index is 0.215. The van der Waals surface area contributed by atoms with Crippen LogP contribution in [0.2, 0.25) is 0 Å². The maximum absolute atomic E-state index is 6.30. The Hall–Kier alpha value is -0.120. The molecular weight excluding hydrogens is 562 g/mol. The quantitative estimate of drug-likeness (QED) is 0.0626. The van der Waals surface area contributed by atoms with Crippen molar-refractivity contribution >= 4 is 0 Å². The van der Waals surface area contributed by atoms with Gasteiger partial charge in [-0.2, -0.15) is 0 Å². The summed E-state index contributed by atoms with van der Waals surface area (Å²) in [5.41, 5.74) is 0. The third-order valence-corrected chi connectivity index (χ3v) is 11.3. The Morgan fingerprint density at radius 1 is 0.457 bits per heavy atom. The molecule has 5 unspecified atom stereocenters. The molecule has 0 aromatic carbocycles. The molecule has 46 heavy (non-hydrogen) atoms. The summed E-state index contributed by atoms with van der Waals surface area (Å²) >= 11 is 0. The molecule has 274 valence electrons. The van der Waals surface area contributed by atoms with E-state index in [1.54, 1.807) is 0 Å². The number of likely N-dealkylation sites (N-methyl/N-ethyl adjacent to an activating group) is 1. The Bertz CT molecular complexity index is 638. The van der Waals surface area contributed by atoms with E-state index in [1.807, 2.05) is 0 Å². The van der Waals surface area contributed by atoms with E-state index in [4.69, 9.17) is 9.47 Å². The SMILES string of the molecule is CCCCCCCCCCCC1CC1CCCCCOCC(CN(C)C)OCCCCCC1CC1CCCCCCCCCCC. The molecule has 2 fully saturated rings. The number of rotatable bonds is 37. The first-order chi connectivity index (χ1) is 22.6. The lowest BCUT2D eigenvalue weighted by Gasteiger charge is -2.21. The third-order valence-electron chi connectivity index (χ3n) is 11.3. The van der Waals surface area contributed by atoms with E-state index >= 15 is 0 Å². The van der Waals surface area contributed by atoms with E-state index < -0.39 is 0 Å². The molecule has 3 heteroatoms. The van der Waals surface area contributed by atoms with Crippen molar-refractivity contribution in [2.75, 3.05) is 40.5 Å². The van der Waals surface area contributed by atoms with Gasteiger partial charge in [0.05, 0.1) is 12.7 Å². The molecule has 0 aliphatic heterocycles. The maximum atomic E-state index is 6.30. The second-order valence-corrected chi connectivity index (χ2v) is 16.3. The fourth-order valence-corrected chi connectivity index (χ4v) is 7.97. The van der Waals surface area contributed by atoms with Crippen molar-refractivity contribution in [2.45, 2.75) is 213 Å². The van der Waals surface area contributed by atoms with Crippen LogP contribution in [0.5, 0.6) is 0 Å². The lowest BCUT2D eigenvalue weighted by Crippen LogP contribution is -2.32. The van der Waals surface area contributed by atoms with Gasteiger partial charge >= 0.3 is 0 Å². The molecule has 0 heterocycles. The Kier molecular flexibility index (Phi) is 27.2. The van der Waals surface area contributed by atoms with Crippen LogP contribution in [0.25, 0.3) is 0 Å². The van der Waals surface area contributed by atoms with E-state index in [0.29, 0.717) is 0 Å². The van der Waals surface area contributed by atoms with E-state index in [2.05, 4.69) is 32.8 Å². The minimum Gasteiger partial charge on any atom is -0.379 e. The van der Waals surface area contributed by atoms with E-state index in [0.717, 1.165) is 50.0 Å². The number of hydrogen-bond donors (Lipinski definition) is 0. The van der Waals surface area contributed by atoms with Gasteiger partial charge in [-0.25, -0.2) is 0 Å². The number of nitrogens with zero attached hydrogens (tertiary/aromatic N) is 1. The van der Waals surface area contributed by atoms with Gasteiger partial charge in [-0.3, -0.25) is 0 Å². The highest BCUT2D eigenvalue weighted by molar-refractivity contribution is 4.86. The topological polar surface area (TPSA) is 21.7 Å². The van der Waals surface area contributed by atoms with Gasteiger partial charge in [-0.1, -0.05) is 181 Å². The van der Waals surface area contributed by atoms with Gasteiger partial charge in [0.2, 0.25) is 0 Å².